The van der Waals surface area contributed by atoms with Gasteiger partial charge in [0.2, 0.25) is 0 Å². The van der Waals surface area contributed by atoms with Gasteiger partial charge in [-0.05, 0) is 5.39 Å². The molecule has 0 fully saturated rings. The third-order valence-corrected chi connectivity index (χ3v) is 3.64. The van der Waals surface area contributed by atoms with Gasteiger partial charge in [-0.2, -0.15) is 0 Å². The van der Waals surface area contributed by atoms with Crippen molar-refractivity contribution in [1.82, 2.24) is 9.97 Å². The smallest absolute Gasteiger partial charge is 0.178 e. The minimum atomic E-state index is -0.00861. The van der Waals surface area contributed by atoms with E-state index in [4.69, 9.17) is 0 Å². The van der Waals surface area contributed by atoms with E-state index < -0.39 is 0 Å². The van der Waals surface area contributed by atoms with E-state index in [1.54, 1.807) is 11.6 Å². The van der Waals surface area contributed by atoms with Crippen molar-refractivity contribution in [3.63, 3.8) is 0 Å². The Morgan fingerprint density at radius 2 is 2.06 bits per heavy atom. The summed E-state index contributed by atoms with van der Waals surface area (Å²) in [6.45, 7) is 1.53. The zero-order chi connectivity index (χ0) is 12.5. The third-order valence-electron chi connectivity index (χ3n) is 2.76. The molecule has 0 N–H and O–H groups in total. The summed E-state index contributed by atoms with van der Waals surface area (Å²) in [5.41, 5.74) is 1.49. The van der Waals surface area contributed by atoms with Crippen LogP contribution in [-0.4, -0.2) is 15.8 Å². The lowest BCUT2D eigenvalue weighted by molar-refractivity contribution is 0.101. The number of hydrogen-bond donors (Lipinski definition) is 0. The minimum absolute atomic E-state index is 0.00861. The van der Waals surface area contributed by atoms with Crippen LogP contribution < -0.4 is 0 Å². The van der Waals surface area contributed by atoms with E-state index in [0.717, 1.165) is 21.3 Å². The number of nitrogens with zero attached hydrogens (tertiary/aromatic N) is 2. The maximum Gasteiger partial charge on any atom is 0.178 e. The highest BCUT2D eigenvalue weighted by Gasteiger charge is 2.10. The molecule has 2 aromatic heterocycles. The molecule has 0 aliphatic rings. The van der Waals surface area contributed by atoms with Crippen LogP contribution in [0.25, 0.3) is 21.3 Å². The van der Waals surface area contributed by atoms with Crippen LogP contribution in [0.3, 0.4) is 0 Å². The van der Waals surface area contributed by atoms with Gasteiger partial charge in [-0.3, -0.25) is 9.78 Å². The fourth-order valence-corrected chi connectivity index (χ4v) is 2.73. The van der Waals surface area contributed by atoms with Gasteiger partial charge in [0.15, 0.2) is 5.78 Å². The monoisotopic (exact) mass is 254 g/mol. The Bertz CT molecular complexity index is 728. The fraction of sp³-hybridized carbons (Fsp3) is 0.0714. The summed E-state index contributed by atoms with van der Waals surface area (Å²) < 4.78 is 0. The van der Waals surface area contributed by atoms with Crippen LogP contribution in [0.1, 0.15) is 17.4 Å². The lowest BCUT2D eigenvalue weighted by Crippen LogP contribution is -1.91. The molecule has 0 unspecified atom stereocenters. The van der Waals surface area contributed by atoms with E-state index in [-0.39, 0.29) is 5.78 Å². The Balaban J connectivity index is 2.21. The summed E-state index contributed by atoms with van der Waals surface area (Å²) >= 11 is 1.47. The molecule has 3 aromatic rings. The molecule has 0 atom stereocenters. The number of rotatable bonds is 2. The predicted octanol–water partition coefficient (Wildman–Crippen LogP) is 3.56. The molecule has 0 spiro atoms. The van der Waals surface area contributed by atoms with E-state index in [1.807, 2.05) is 30.5 Å². The van der Waals surface area contributed by atoms with Crippen molar-refractivity contribution in [3.8, 4) is 10.6 Å². The summed E-state index contributed by atoms with van der Waals surface area (Å²) in [7, 11) is 0. The molecule has 3 rings (SSSR count). The second-order valence-electron chi connectivity index (χ2n) is 4.00. The number of Topliss-reactive ketones (excluding diaryl/α,β-unsaturated/α-hetero) is 1. The van der Waals surface area contributed by atoms with Gasteiger partial charge in [-0.1, -0.05) is 24.3 Å². The first-order valence-electron chi connectivity index (χ1n) is 5.55. The number of thiazole rings is 1. The highest BCUT2D eigenvalue weighted by molar-refractivity contribution is 7.13. The van der Waals surface area contributed by atoms with Crippen molar-refractivity contribution in [2.45, 2.75) is 6.92 Å². The van der Waals surface area contributed by atoms with Crippen molar-refractivity contribution >= 4 is 27.9 Å². The van der Waals surface area contributed by atoms with Crippen LogP contribution in [-0.2, 0) is 0 Å². The van der Waals surface area contributed by atoms with Crippen molar-refractivity contribution < 1.29 is 4.79 Å². The van der Waals surface area contributed by atoms with Gasteiger partial charge in [0.1, 0.15) is 10.7 Å². The number of benzene rings is 1. The van der Waals surface area contributed by atoms with Gasteiger partial charge in [0, 0.05) is 35.6 Å². The summed E-state index contributed by atoms with van der Waals surface area (Å²) in [6, 6.07) is 8.04. The lowest BCUT2D eigenvalue weighted by Gasteiger charge is -2.02. The predicted molar refractivity (Wildman–Crippen MR) is 72.9 cm³/mol. The van der Waals surface area contributed by atoms with Crippen molar-refractivity contribution in [3.05, 3.63) is 47.7 Å². The van der Waals surface area contributed by atoms with Crippen LogP contribution in [0.5, 0.6) is 0 Å². The minimum Gasteiger partial charge on any atom is -0.293 e. The molecule has 1 aromatic carbocycles. The Labute approximate surface area is 108 Å². The quantitative estimate of drug-likeness (QED) is 0.657. The molecule has 0 amide bonds. The van der Waals surface area contributed by atoms with E-state index >= 15 is 0 Å². The van der Waals surface area contributed by atoms with Gasteiger partial charge in [0.25, 0.3) is 0 Å². The molecule has 2 heterocycles. The van der Waals surface area contributed by atoms with Crippen molar-refractivity contribution in [2.75, 3.05) is 0 Å². The first kappa shape index (κ1) is 11.0. The number of fused-ring (bicyclic) bond motifs is 1. The maximum atomic E-state index is 11.3. The SMILES string of the molecule is CC(=O)c1csc(-c2cncc3ccccc23)n1. The molecule has 0 saturated heterocycles. The lowest BCUT2D eigenvalue weighted by atomic mass is 10.1. The molecular formula is C14H10N2OS. The molecule has 18 heavy (non-hydrogen) atoms. The number of hydrogen-bond acceptors (Lipinski definition) is 4. The van der Waals surface area contributed by atoms with Crippen LogP contribution in [0, 0.1) is 0 Å². The van der Waals surface area contributed by atoms with Crippen LogP contribution >= 0.6 is 11.3 Å². The standard InChI is InChI=1S/C14H10N2OS/c1-9(17)13-8-18-14(16-13)12-7-15-6-10-4-2-3-5-11(10)12/h2-8H,1H3. The van der Waals surface area contributed by atoms with E-state index in [0.29, 0.717) is 5.69 Å². The molecule has 0 radical (unpaired) electrons. The second-order valence-corrected chi connectivity index (χ2v) is 4.86. The Morgan fingerprint density at radius 1 is 1.22 bits per heavy atom. The fourth-order valence-electron chi connectivity index (χ4n) is 1.85. The molecule has 88 valence electrons. The van der Waals surface area contributed by atoms with Gasteiger partial charge < -0.3 is 0 Å². The molecule has 0 bridgehead atoms. The molecule has 4 heteroatoms. The largest absolute Gasteiger partial charge is 0.293 e. The van der Waals surface area contributed by atoms with Crippen molar-refractivity contribution in [2.24, 2.45) is 0 Å². The zero-order valence-electron chi connectivity index (χ0n) is 9.75. The van der Waals surface area contributed by atoms with Gasteiger partial charge in [-0.25, -0.2) is 4.98 Å². The maximum absolute atomic E-state index is 11.3. The van der Waals surface area contributed by atoms with E-state index in [9.17, 15) is 4.79 Å². The average molecular weight is 254 g/mol. The molecule has 0 aliphatic carbocycles. The zero-order valence-corrected chi connectivity index (χ0v) is 10.6. The Hall–Kier alpha value is -2.07. The normalized spacial score (nSPS) is 10.7. The second kappa shape index (κ2) is 4.31. The van der Waals surface area contributed by atoms with E-state index in [2.05, 4.69) is 9.97 Å². The summed E-state index contributed by atoms with van der Waals surface area (Å²) in [5.74, 6) is -0.00861. The van der Waals surface area contributed by atoms with Gasteiger partial charge in [-0.15, -0.1) is 11.3 Å². The number of carbonyl (C=O) groups is 1. The first-order valence-corrected chi connectivity index (χ1v) is 6.43. The molecule has 0 aliphatic heterocycles. The number of pyridine rings is 1. The van der Waals surface area contributed by atoms with Crippen LogP contribution in [0.4, 0.5) is 0 Å². The van der Waals surface area contributed by atoms with Gasteiger partial charge >= 0.3 is 0 Å². The summed E-state index contributed by atoms with van der Waals surface area (Å²) in [5, 5.41) is 4.82. The van der Waals surface area contributed by atoms with E-state index in [1.165, 1.54) is 18.3 Å². The average Bonchev–Trinajstić information content (AvgIpc) is 2.87. The molecule has 3 nitrogen and oxygen atoms in total. The van der Waals surface area contributed by atoms with Crippen LogP contribution in [0.2, 0.25) is 0 Å². The van der Waals surface area contributed by atoms with Crippen molar-refractivity contribution in [1.29, 1.82) is 0 Å². The number of ketones is 1. The summed E-state index contributed by atoms with van der Waals surface area (Å²) in [4.78, 5) is 19.9. The van der Waals surface area contributed by atoms with Gasteiger partial charge in [0.05, 0.1) is 0 Å². The number of carbonyl (C=O) groups excluding carboxylic acids is 1. The third kappa shape index (κ3) is 1.80. The summed E-state index contributed by atoms with van der Waals surface area (Å²) in [6.07, 6.45) is 3.63. The molecule has 0 saturated carbocycles. The topological polar surface area (TPSA) is 42.9 Å². The number of aromatic nitrogens is 2. The van der Waals surface area contributed by atoms with Crippen LogP contribution in [0.15, 0.2) is 42.0 Å². The Morgan fingerprint density at radius 3 is 2.83 bits per heavy atom. The first-order chi connectivity index (χ1) is 8.75. The molecular weight excluding hydrogens is 244 g/mol. The highest BCUT2D eigenvalue weighted by atomic mass is 32.1. The Kier molecular flexibility index (Phi) is 2.64. The highest BCUT2D eigenvalue weighted by Crippen LogP contribution is 2.29.